The lowest BCUT2D eigenvalue weighted by molar-refractivity contribution is 0.155. The van der Waals surface area contributed by atoms with E-state index in [1.54, 1.807) is 30.3 Å². The zero-order valence-electron chi connectivity index (χ0n) is 30.0. The van der Waals surface area contributed by atoms with Crippen LogP contribution in [0.3, 0.4) is 0 Å². The molecule has 0 amide bonds. The molecular formula is C45H61F3. The quantitative estimate of drug-likeness (QED) is 0.127. The van der Waals surface area contributed by atoms with E-state index in [9.17, 15) is 0 Å². The van der Waals surface area contributed by atoms with Gasteiger partial charge in [0.1, 0.15) is 5.82 Å². The van der Waals surface area contributed by atoms with Crippen LogP contribution < -0.4 is 0 Å². The molecule has 2 saturated carbocycles. The van der Waals surface area contributed by atoms with Crippen LogP contribution in [0.5, 0.6) is 0 Å². The van der Waals surface area contributed by atoms with E-state index >= 15 is 13.2 Å². The van der Waals surface area contributed by atoms with Gasteiger partial charge in [0.05, 0.1) is 0 Å². The number of unbranched alkanes of at least 4 members (excludes halogenated alkanes) is 9. The van der Waals surface area contributed by atoms with E-state index in [4.69, 9.17) is 0 Å². The Morgan fingerprint density at radius 2 is 1.06 bits per heavy atom. The van der Waals surface area contributed by atoms with Crippen LogP contribution in [0, 0.1) is 35.2 Å². The van der Waals surface area contributed by atoms with Gasteiger partial charge in [-0.1, -0.05) is 146 Å². The molecule has 0 N–H and O–H groups in total. The van der Waals surface area contributed by atoms with Gasteiger partial charge in [0.15, 0.2) is 11.6 Å². The average Bonchev–Trinajstić information content (AvgIpc) is 3.12. The number of rotatable bonds is 17. The third-order valence-electron chi connectivity index (χ3n) is 12.0. The Bertz CT molecular complexity index is 1380. The van der Waals surface area contributed by atoms with Gasteiger partial charge in [0.25, 0.3) is 0 Å². The van der Waals surface area contributed by atoms with E-state index in [2.05, 4.69) is 19.9 Å². The third kappa shape index (κ3) is 10.0. The van der Waals surface area contributed by atoms with Crippen molar-refractivity contribution in [3.63, 3.8) is 0 Å². The minimum absolute atomic E-state index is 0.202. The first kappa shape index (κ1) is 36.7. The van der Waals surface area contributed by atoms with Crippen molar-refractivity contribution in [2.45, 2.75) is 155 Å². The number of aryl methyl sites for hydroxylation is 1. The summed E-state index contributed by atoms with van der Waals surface area (Å²) in [5, 5.41) is 0. The number of hydrogen-bond acceptors (Lipinski definition) is 0. The Balaban J connectivity index is 1.11. The van der Waals surface area contributed by atoms with Gasteiger partial charge in [-0.15, -0.1) is 0 Å². The first-order chi connectivity index (χ1) is 23.5. The zero-order chi connectivity index (χ0) is 33.7. The molecular weight excluding hydrogens is 597 g/mol. The number of halogens is 3. The Labute approximate surface area is 290 Å². The second-order valence-electron chi connectivity index (χ2n) is 15.3. The van der Waals surface area contributed by atoms with E-state index in [1.165, 1.54) is 96.3 Å². The van der Waals surface area contributed by atoms with Gasteiger partial charge in [-0.25, -0.2) is 13.2 Å². The van der Waals surface area contributed by atoms with Gasteiger partial charge in [-0.05, 0) is 103 Å². The molecule has 2 aliphatic rings. The van der Waals surface area contributed by atoms with Gasteiger partial charge in [-0.3, -0.25) is 0 Å². The van der Waals surface area contributed by atoms with Crippen molar-refractivity contribution >= 4 is 0 Å². The summed E-state index contributed by atoms with van der Waals surface area (Å²) >= 11 is 0. The van der Waals surface area contributed by atoms with Crippen molar-refractivity contribution in [3.8, 4) is 22.3 Å². The van der Waals surface area contributed by atoms with Crippen LogP contribution in [-0.2, 0) is 6.42 Å². The van der Waals surface area contributed by atoms with Gasteiger partial charge in [0, 0.05) is 11.1 Å². The molecule has 0 heterocycles. The normalized spacial score (nSPS) is 21.4. The molecule has 3 aromatic carbocycles. The summed E-state index contributed by atoms with van der Waals surface area (Å²) in [6, 6.07) is 16.4. The smallest absolute Gasteiger partial charge is 0.166 e. The molecule has 0 nitrogen and oxygen atoms in total. The summed E-state index contributed by atoms with van der Waals surface area (Å²) in [5.74, 6) is 1.43. The molecule has 0 aliphatic heterocycles. The van der Waals surface area contributed by atoms with E-state index in [-0.39, 0.29) is 11.4 Å². The maximum absolute atomic E-state index is 15.5. The SMILES string of the molecule is CCCCCCCCCCc1ccc(-c2ccc(-c3ccc(C4CCC(C5CCC(CCCCC)CC5)CC4)cc3F)cc2)c(F)c1F. The third-order valence-corrected chi connectivity index (χ3v) is 12.0. The first-order valence-electron chi connectivity index (χ1n) is 19.9. The molecule has 0 radical (unpaired) electrons. The second-order valence-corrected chi connectivity index (χ2v) is 15.3. The predicted octanol–water partition coefficient (Wildman–Crippen LogP) is 14.8. The molecule has 0 saturated heterocycles. The van der Waals surface area contributed by atoms with Crippen LogP contribution in [0.1, 0.15) is 159 Å². The summed E-state index contributed by atoms with van der Waals surface area (Å²) < 4.78 is 45.7. The van der Waals surface area contributed by atoms with Crippen LogP contribution in [0.15, 0.2) is 54.6 Å². The standard InChI is InChI=1S/C45H61F3/c1-3-5-7-8-9-10-11-13-15-39-28-31-42(45(48)44(39)47)38-26-24-37(25-27-38)41-30-29-40(32-43(41)46)36-22-20-35(21-23-36)34-18-16-33(17-19-34)14-12-6-4-2/h24-36H,3-23H2,1-2H3. The van der Waals surface area contributed by atoms with Crippen LogP contribution in [-0.4, -0.2) is 0 Å². The highest BCUT2D eigenvalue weighted by Gasteiger charge is 2.31. The highest BCUT2D eigenvalue weighted by molar-refractivity contribution is 5.71. The van der Waals surface area contributed by atoms with Crippen molar-refractivity contribution in [1.29, 1.82) is 0 Å². The number of hydrogen-bond donors (Lipinski definition) is 0. The van der Waals surface area contributed by atoms with Gasteiger partial charge >= 0.3 is 0 Å². The van der Waals surface area contributed by atoms with Crippen molar-refractivity contribution in [1.82, 2.24) is 0 Å². The van der Waals surface area contributed by atoms with Crippen molar-refractivity contribution in [2.75, 3.05) is 0 Å². The molecule has 3 heteroatoms. The Kier molecular flexibility index (Phi) is 14.5. The van der Waals surface area contributed by atoms with Crippen molar-refractivity contribution < 1.29 is 13.2 Å². The van der Waals surface area contributed by atoms with E-state index in [0.29, 0.717) is 29.0 Å². The first-order valence-corrected chi connectivity index (χ1v) is 19.9. The summed E-state index contributed by atoms with van der Waals surface area (Å²) in [4.78, 5) is 0. The fraction of sp³-hybridized carbons (Fsp3) is 0.600. The highest BCUT2D eigenvalue weighted by atomic mass is 19.2. The molecule has 2 fully saturated rings. The maximum Gasteiger partial charge on any atom is 0.166 e. The highest BCUT2D eigenvalue weighted by Crippen LogP contribution is 2.45. The molecule has 48 heavy (non-hydrogen) atoms. The second kappa shape index (κ2) is 19.0. The fourth-order valence-corrected chi connectivity index (χ4v) is 8.86. The molecule has 0 atom stereocenters. The van der Waals surface area contributed by atoms with Gasteiger partial charge < -0.3 is 0 Å². The van der Waals surface area contributed by atoms with Crippen LogP contribution in [0.2, 0.25) is 0 Å². The predicted molar refractivity (Wildman–Crippen MR) is 198 cm³/mol. The molecule has 0 spiro atoms. The Morgan fingerprint density at radius 3 is 1.69 bits per heavy atom. The largest absolute Gasteiger partial charge is 0.206 e. The molecule has 0 bridgehead atoms. The summed E-state index contributed by atoms with van der Waals surface area (Å²) in [7, 11) is 0. The summed E-state index contributed by atoms with van der Waals surface area (Å²) in [6.07, 6.45) is 26.1. The van der Waals surface area contributed by atoms with Gasteiger partial charge in [0.2, 0.25) is 0 Å². The minimum Gasteiger partial charge on any atom is -0.206 e. The van der Waals surface area contributed by atoms with Crippen LogP contribution in [0.4, 0.5) is 13.2 Å². The van der Waals surface area contributed by atoms with E-state index in [0.717, 1.165) is 61.0 Å². The van der Waals surface area contributed by atoms with E-state index in [1.807, 2.05) is 18.2 Å². The lowest BCUT2D eigenvalue weighted by Gasteiger charge is -2.38. The monoisotopic (exact) mass is 658 g/mol. The lowest BCUT2D eigenvalue weighted by atomic mass is 9.68. The topological polar surface area (TPSA) is 0 Å². The Morgan fingerprint density at radius 1 is 0.521 bits per heavy atom. The average molecular weight is 659 g/mol. The summed E-state index contributed by atoms with van der Waals surface area (Å²) in [5.41, 5.74) is 3.74. The molecule has 0 aromatic heterocycles. The lowest BCUT2D eigenvalue weighted by Crippen LogP contribution is -2.25. The van der Waals surface area contributed by atoms with Crippen LogP contribution >= 0.6 is 0 Å². The molecule has 262 valence electrons. The fourth-order valence-electron chi connectivity index (χ4n) is 8.86. The molecule has 3 aromatic rings. The molecule has 2 aliphatic carbocycles. The molecule has 0 unspecified atom stereocenters. The van der Waals surface area contributed by atoms with Crippen molar-refractivity contribution in [2.24, 2.45) is 17.8 Å². The molecule has 5 rings (SSSR count). The van der Waals surface area contributed by atoms with Gasteiger partial charge in [-0.2, -0.15) is 0 Å². The van der Waals surface area contributed by atoms with Crippen molar-refractivity contribution in [3.05, 3.63) is 83.2 Å². The van der Waals surface area contributed by atoms with E-state index < -0.39 is 11.6 Å². The van der Waals surface area contributed by atoms with Crippen LogP contribution in [0.25, 0.3) is 22.3 Å². The number of benzene rings is 3. The summed E-state index contributed by atoms with van der Waals surface area (Å²) in [6.45, 7) is 4.51. The minimum atomic E-state index is -0.792. The zero-order valence-corrected chi connectivity index (χ0v) is 30.0. The maximum atomic E-state index is 15.5. The Hall–Kier alpha value is -2.55.